The summed E-state index contributed by atoms with van der Waals surface area (Å²) in [6.45, 7) is 4.33. The Morgan fingerprint density at radius 3 is 1.36 bits per heavy atom. The molecular weight excluding hydrogens is 1030 g/mol. The normalized spacial score (nSPS) is 13.2. The second-order valence-corrected chi connectivity index (χ2v) is 23.0. The molecule has 398 valence electrons. The van der Waals surface area contributed by atoms with Gasteiger partial charge in [0.2, 0.25) is 0 Å². The average molecular weight is 1080 g/mol. The highest BCUT2D eigenvalue weighted by Crippen LogP contribution is 2.49. The lowest BCUT2D eigenvalue weighted by atomic mass is 9.33. The van der Waals surface area contributed by atoms with Gasteiger partial charge in [0.05, 0.1) is 0 Å². The molecule has 5 nitrogen and oxygen atoms in total. The van der Waals surface area contributed by atoms with E-state index >= 15 is 0 Å². The summed E-state index contributed by atoms with van der Waals surface area (Å²) < 4.78 is 0. The lowest BCUT2D eigenvalue weighted by molar-refractivity contribution is 1.24. The smallest absolute Gasteiger partial charge is 0.252 e. The largest absolute Gasteiger partial charge is 0.311 e. The Kier molecular flexibility index (Phi) is 11.2. The molecule has 0 spiro atoms. The molecule has 0 atom stereocenters. The van der Waals surface area contributed by atoms with Crippen molar-refractivity contribution in [2.24, 2.45) is 0 Å². The molecule has 0 aliphatic carbocycles. The molecule has 0 radical (unpaired) electrons. The van der Waals surface area contributed by atoms with Gasteiger partial charge in [-0.05, 0) is 202 Å². The number of nitrogens with zero attached hydrogens (tertiary/aromatic N) is 5. The van der Waals surface area contributed by atoms with Crippen LogP contribution in [0.15, 0.2) is 297 Å². The highest BCUT2D eigenvalue weighted by molar-refractivity contribution is 7.02. The van der Waals surface area contributed by atoms with E-state index in [4.69, 9.17) is 0 Å². The Bertz CT molecular complexity index is 4720. The number of hydrogen-bond donors (Lipinski definition) is 0. The summed E-state index contributed by atoms with van der Waals surface area (Å²) in [5, 5.41) is 2.44. The van der Waals surface area contributed by atoms with E-state index in [0.717, 1.165) is 56.6 Å². The minimum Gasteiger partial charge on any atom is -0.311 e. The lowest BCUT2D eigenvalue weighted by Gasteiger charge is -2.45. The van der Waals surface area contributed by atoms with Gasteiger partial charge in [0, 0.05) is 85.3 Å². The molecule has 0 amide bonds. The van der Waals surface area contributed by atoms with Crippen molar-refractivity contribution in [2.45, 2.75) is 13.8 Å². The van der Waals surface area contributed by atoms with Crippen molar-refractivity contribution in [2.75, 3.05) is 24.5 Å². The van der Waals surface area contributed by atoms with Crippen molar-refractivity contribution >= 4 is 142 Å². The van der Waals surface area contributed by atoms with Crippen molar-refractivity contribution in [3.05, 3.63) is 308 Å². The number of para-hydroxylation sites is 6. The van der Waals surface area contributed by atoms with Gasteiger partial charge < -0.3 is 24.5 Å². The zero-order valence-electron chi connectivity index (χ0n) is 47.2. The lowest BCUT2D eigenvalue weighted by Crippen LogP contribution is -2.61. The second-order valence-electron chi connectivity index (χ2n) is 23.0. The Hall–Kier alpha value is -10.8. The van der Waals surface area contributed by atoms with Crippen molar-refractivity contribution in [1.82, 2.24) is 0 Å². The van der Waals surface area contributed by atoms with Crippen LogP contribution < -0.4 is 57.3 Å². The second kappa shape index (κ2) is 19.4. The van der Waals surface area contributed by atoms with Gasteiger partial charge in [-0.2, -0.15) is 0 Å². The molecular formula is C78H55B2N5. The standard InChI is InChI=1S/C78H55B2N5/c1-52-35-40-62(41-36-52)83-69-45-37-53(2)47-67(69)79-66-44-42-63(81(57-21-8-3-9-22-57)58-23-10-4-11-24-58)51-73(66)85(61-29-16-7-17-30-61)75-50-56(49-74(83)78(75)79)54-38-43-64-55(48-54)39-46-72-76(64)80-65-31-18-19-32-68(65)82(59-25-12-5-13-26-59)70-33-20-34-71(77(70)80)84(72)60-27-14-6-15-28-60/h3-51H,1-2H3. The van der Waals surface area contributed by atoms with Crippen LogP contribution in [0.5, 0.6) is 0 Å². The highest BCUT2D eigenvalue weighted by Gasteiger charge is 2.46. The molecule has 0 fully saturated rings. The van der Waals surface area contributed by atoms with E-state index in [1.54, 1.807) is 0 Å². The number of anilines is 15. The van der Waals surface area contributed by atoms with E-state index in [9.17, 15) is 0 Å². The van der Waals surface area contributed by atoms with E-state index in [0.29, 0.717) is 0 Å². The summed E-state index contributed by atoms with van der Waals surface area (Å²) in [7, 11) is 0. The molecule has 85 heavy (non-hydrogen) atoms. The zero-order valence-corrected chi connectivity index (χ0v) is 47.2. The van der Waals surface area contributed by atoms with Crippen LogP contribution in [0.3, 0.4) is 0 Å². The average Bonchev–Trinajstić information content (AvgIpc) is 0.836. The number of fused-ring (bicyclic) bond motifs is 10. The zero-order chi connectivity index (χ0) is 56.3. The van der Waals surface area contributed by atoms with Gasteiger partial charge in [-0.25, -0.2) is 0 Å². The summed E-state index contributed by atoms with van der Waals surface area (Å²) in [5.74, 6) is 0. The molecule has 13 aromatic rings. The van der Waals surface area contributed by atoms with Crippen LogP contribution in [0.25, 0.3) is 21.9 Å². The quantitative estimate of drug-likeness (QED) is 0.141. The van der Waals surface area contributed by atoms with E-state index in [-0.39, 0.29) is 13.4 Å². The number of hydrogen-bond acceptors (Lipinski definition) is 5. The van der Waals surface area contributed by atoms with E-state index in [2.05, 4.69) is 336 Å². The number of rotatable bonds is 8. The summed E-state index contributed by atoms with van der Waals surface area (Å²) in [6.07, 6.45) is 0. The van der Waals surface area contributed by atoms with Gasteiger partial charge in [-0.3, -0.25) is 0 Å². The molecule has 17 rings (SSSR count). The van der Waals surface area contributed by atoms with Crippen molar-refractivity contribution < 1.29 is 0 Å². The van der Waals surface area contributed by atoms with Gasteiger partial charge in [0.25, 0.3) is 13.4 Å². The van der Waals surface area contributed by atoms with Crippen LogP contribution in [-0.2, 0) is 0 Å². The van der Waals surface area contributed by atoms with Crippen LogP contribution in [0.1, 0.15) is 11.1 Å². The molecule has 4 aliphatic heterocycles. The molecule has 0 bridgehead atoms. The Balaban J connectivity index is 0.909. The van der Waals surface area contributed by atoms with Crippen molar-refractivity contribution in [3.63, 3.8) is 0 Å². The molecule has 4 heterocycles. The Morgan fingerprint density at radius 1 is 0.259 bits per heavy atom. The molecule has 0 N–H and O–H groups in total. The SMILES string of the molecule is Cc1ccc(N2c3ccc(C)cc3B3c4ccc(N(c5ccccc5)c5ccccc5)cc4N(c4ccccc4)c4cc(-c5ccc6c7c(ccc6c5)N(c5ccccc5)c5cccc6c5B7c5ccccc5N6c5ccccc5)cc2c43)cc1. The monoisotopic (exact) mass is 1080 g/mol. The van der Waals surface area contributed by atoms with Gasteiger partial charge >= 0.3 is 0 Å². The first-order valence-corrected chi connectivity index (χ1v) is 29.6. The maximum Gasteiger partial charge on any atom is 0.252 e. The highest BCUT2D eigenvalue weighted by atomic mass is 15.2. The van der Waals surface area contributed by atoms with E-state index in [1.165, 1.54) is 94.5 Å². The Labute approximate surface area is 497 Å². The van der Waals surface area contributed by atoms with E-state index in [1.807, 2.05) is 0 Å². The fourth-order valence-electron chi connectivity index (χ4n) is 14.4. The third-order valence-electron chi connectivity index (χ3n) is 18.1. The van der Waals surface area contributed by atoms with Gasteiger partial charge in [-0.1, -0.05) is 175 Å². The minimum absolute atomic E-state index is 0.0205. The summed E-state index contributed by atoms with van der Waals surface area (Å²) in [5.41, 5.74) is 29.9. The van der Waals surface area contributed by atoms with Gasteiger partial charge in [-0.15, -0.1) is 0 Å². The first-order chi connectivity index (χ1) is 42.0. The minimum atomic E-state index is -0.0544. The molecule has 4 aliphatic rings. The molecule has 0 unspecified atom stereocenters. The van der Waals surface area contributed by atoms with E-state index < -0.39 is 0 Å². The first-order valence-electron chi connectivity index (χ1n) is 29.6. The van der Waals surface area contributed by atoms with Crippen LogP contribution in [-0.4, -0.2) is 13.4 Å². The number of benzene rings is 13. The van der Waals surface area contributed by atoms with Crippen molar-refractivity contribution in [1.29, 1.82) is 0 Å². The third kappa shape index (κ3) is 7.67. The summed E-state index contributed by atoms with van der Waals surface area (Å²) in [6, 6.07) is 111. The summed E-state index contributed by atoms with van der Waals surface area (Å²) in [4.78, 5) is 12.4. The maximum atomic E-state index is 2.55. The predicted molar refractivity (Wildman–Crippen MR) is 362 cm³/mol. The maximum absolute atomic E-state index is 2.55. The summed E-state index contributed by atoms with van der Waals surface area (Å²) >= 11 is 0. The van der Waals surface area contributed by atoms with Gasteiger partial charge in [0.15, 0.2) is 0 Å². The van der Waals surface area contributed by atoms with Crippen LogP contribution >= 0.6 is 0 Å². The van der Waals surface area contributed by atoms with Crippen LogP contribution in [0, 0.1) is 13.8 Å². The molecule has 0 aromatic heterocycles. The van der Waals surface area contributed by atoms with Crippen LogP contribution in [0.2, 0.25) is 0 Å². The fourth-order valence-corrected chi connectivity index (χ4v) is 14.4. The van der Waals surface area contributed by atoms with Crippen molar-refractivity contribution in [3.8, 4) is 11.1 Å². The molecule has 0 saturated carbocycles. The third-order valence-corrected chi connectivity index (χ3v) is 18.1. The van der Waals surface area contributed by atoms with Crippen LogP contribution in [0.4, 0.5) is 85.3 Å². The first kappa shape index (κ1) is 48.9. The Morgan fingerprint density at radius 2 is 0.729 bits per heavy atom. The fraction of sp³-hybridized carbons (Fsp3) is 0.0256. The number of aryl methyl sites for hydroxylation is 2. The molecule has 0 saturated heterocycles. The van der Waals surface area contributed by atoms with Gasteiger partial charge in [0.1, 0.15) is 0 Å². The molecule has 7 heteroatoms. The topological polar surface area (TPSA) is 16.2 Å². The molecule has 13 aromatic carbocycles. The predicted octanol–water partition coefficient (Wildman–Crippen LogP) is 16.8.